The van der Waals surface area contributed by atoms with Crippen molar-refractivity contribution in [2.24, 2.45) is 0 Å². The van der Waals surface area contributed by atoms with Gasteiger partial charge in [-0.05, 0) is 55.8 Å². The molecule has 0 saturated heterocycles. The summed E-state index contributed by atoms with van der Waals surface area (Å²) in [7, 11) is 0. The number of amides is 1. The number of benzene rings is 2. The second-order valence-electron chi connectivity index (χ2n) is 7.68. The Morgan fingerprint density at radius 2 is 1.88 bits per heavy atom. The van der Waals surface area contributed by atoms with Gasteiger partial charge in [0.1, 0.15) is 18.0 Å². The van der Waals surface area contributed by atoms with Gasteiger partial charge in [0.25, 0.3) is 0 Å². The second kappa shape index (κ2) is 8.96. The summed E-state index contributed by atoms with van der Waals surface area (Å²) in [6.07, 6.45) is 1.33. The second-order valence-corrected chi connectivity index (χ2v) is 8.11. The topological polar surface area (TPSA) is 81.1 Å². The zero-order chi connectivity index (χ0) is 23.7. The van der Waals surface area contributed by atoms with Gasteiger partial charge in [-0.1, -0.05) is 29.8 Å². The summed E-state index contributed by atoms with van der Waals surface area (Å²) in [5.41, 5.74) is 1.34. The van der Waals surface area contributed by atoms with Crippen LogP contribution in [0.5, 0.6) is 0 Å². The molecule has 2 aromatic heterocycles. The fraction of sp³-hybridized carbons (Fsp3) is 0.120. The number of aryl methyl sites for hydroxylation is 2. The van der Waals surface area contributed by atoms with Gasteiger partial charge >= 0.3 is 0 Å². The highest BCUT2D eigenvalue weighted by atomic mass is 35.5. The first-order valence-electron chi connectivity index (χ1n) is 10.1. The summed E-state index contributed by atoms with van der Waals surface area (Å²) < 4.78 is 15.3. The van der Waals surface area contributed by atoms with Crippen molar-refractivity contribution in [2.45, 2.75) is 20.4 Å². The number of ketones is 1. The number of fused-ring (bicyclic) bond motifs is 1. The van der Waals surface area contributed by atoms with Gasteiger partial charge in [0.05, 0.1) is 10.9 Å². The van der Waals surface area contributed by atoms with Crippen molar-refractivity contribution in [3.63, 3.8) is 0 Å². The molecule has 8 heteroatoms. The van der Waals surface area contributed by atoms with E-state index in [9.17, 15) is 18.8 Å². The van der Waals surface area contributed by atoms with Crippen LogP contribution in [-0.2, 0) is 11.3 Å². The quantitative estimate of drug-likeness (QED) is 0.436. The molecule has 4 rings (SSSR count). The minimum atomic E-state index is -0.514. The molecule has 0 radical (unpaired) electrons. The molecule has 0 bridgehead atoms. The molecule has 4 aromatic rings. The van der Waals surface area contributed by atoms with Crippen molar-refractivity contribution >= 4 is 40.0 Å². The number of rotatable bonds is 5. The number of nitrogens with zero attached hydrogens (tertiary/aromatic N) is 2. The summed E-state index contributed by atoms with van der Waals surface area (Å²) in [5, 5.41) is 3.21. The maximum atomic E-state index is 13.8. The minimum Gasteiger partial charge on any atom is -0.324 e. The van der Waals surface area contributed by atoms with Gasteiger partial charge in [-0.2, -0.15) is 0 Å². The number of nitrogens with one attached hydrogen (secondary N) is 1. The molecule has 166 valence electrons. The maximum absolute atomic E-state index is 13.8. The predicted molar refractivity (Wildman–Crippen MR) is 125 cm³/mol. The van der Waals surface area contributed by atoms with E-state index in [0.29, 0.717) is 22.0 Å². The molecule has 1 N–H and O–H groups in total. The molecule has 0 aliphatic carbocycles. The van der Waals surface area contributed by atoms with Crippen molar-refractivity contribution < 1.29 is 14.0 Å². The lowest BCUT2D eigenvalue weighted by Crippen LogP contribution is -2.25. The molecule has 0 spiro atoms. The number of carbonyl (C=O) groups excluding carboxylic acids is 2. The fourth-order valence-electron chi connectivity index (χ4n) is 3.45. The lowest BCUT2D eigenvalue weighted by molar-refractivity contribution is -0.116. The molecule has 0 unspecified atom stereocenters. The van der Waals surface area contributed by atoms with Gasteiger partial charge in [-0.3, -0.25) is 14.4 Å². The number of halogens is 2. The molecular weight excluding hydrogens is 445 g/mol. The van der Waals surface area contributed by atoms with Gasteiger partial charge in [-0.15, -0.1) is 0 Å². The van der Waals surface area contributed by atoms with Gasteiger partial charge < -0.3 is 9.88 Å². The molecule has 0 fully saturated rings. The van der Waals surface area contributed by atoms with E-state index in [1.54, 1.807) is 56.3 Å². The van der Waals surface area contributed by atoms with E-state index in [0.717, 1.165) is 0 Å². The third-order valence-corrected chi connectivity index (χ3v) is 5.40. The highest BCUT2D eigenvalue weighted by molar-refractivity contribution is 6.31. The van der Waals surface area contributed by atoms with Crippen molar-refractivity contribution in [3.05, 3.63) is 104 Å². The number of hydrogen-bond acceptors (Lipinski definition) is 4. The van der Waals surface area contributed by atoms with E-state index in [1.165, 1.54) is 22.9 Å². The summed E-state index contributed by atoms with van der Waals surface area (Å²) in [6.45, 7) is 3.15. The highest BCUT2D eigenvalue weighted by Gasteiger charge is 2.19. The van der Waals surface area contributed by atoms with Crippen molar-refractivity contribution in [3.8, 4) is 0 Å². The smallest absolute Gasteiger partial charge is 0.244 e. The Bertz CT molecular complexity index is 1480. The van der Waals surface area contributed by atoms with Gasteiger partial charge in [-0.25, -0.2) is 9.37 Å². The first-order valence-corrected chi connectivity index (χ1v) is 10.5. The third-order valence-electron chi connectivity index (χ3n) is 5.16. The number of carbonyl (C=O) groups is 2. The van der Waals surface area contributed by atoms with Crippen LogP contribution in [0.15, 0.2) is 65.6 Å². The number of pyridine rings is 2. The van der Waals surface area contributed by atoms with Gasteiger partial charge in [0.15, 0.2) is 5.78 Å². The van der Waals surface area contributed by atoms with E-state index in [2.05, 4.69) is 10.3 Å². The molecular formula is C25H19ClFN3O3. The Morgan fingerprint density at radius 3 is 2.61 bits per heavy atom. The number of hydrogen-bond donors (Lipinski definition) is 1. The summed E-state index contributed by atoms with van der Waals surface area (Å²) >= 11 is 6.00. The first-order chi connectivity index (χ1) is 15.7. The molecule has 0 aliphatic heterocycles. The van der Waals surface area contributed by atoms with E-state index >= 15 is 0 Å². The van der Waals surface area contributed by atoms with Gasteiger partial charge in [0.2, 0.25) is 11.3 Å². The van der Waals surface area contributed by atoms with Crippen LogP contribution in [0.1, 0.15) is 27.2 Å². The van der Waals surface area contributed by atoms with E-state index in [1.807, 2.05) is 0 Å². The van der Waals surface area contributed by atoms with Crippen LogP contribution in [0.4, 0.5) is 10.1 Å². The Morgan fingerprint density at radius 1 is 1.09 bits per heavy atom. The van der Waals surface area contributed by atoms with Crippen LogP contribution in [-0.4, -0.2) is 21.2 Å². The van der Waals surface area contributed by atoms with Crippen LogP contribution in [0, 0.1) is 19.7 Å². The molecule has 2 aromatic carbocycles. The minimum absolute atomic E-state index is 0.107. The first kappa shape index (κ1) is 22.4. The average Bonchev–Trinajstić information content (AvgIpc) is 2.77. The van der Waals surface area contributed by atoms with Crippen molar-refractivity contribution in [2.75, 3.05) is 5.32 Å². The Hall–Kier alpha value is -3.84. The van der Waals surface area contributed by atoms with Crippen LogP contribution >= 0.6 is 11.6 Å². The Balaban J connectivity index is 1.76. The number of anilines is 1. The summed E-state index contributed by atoms with van der Waals surface area (Å²) in [4.78, 5) is 43.3. The normalized spacial score (nSPS) is 10.9. The largest absolute Gasteiger partial charge is 0.324 e. The van der Waals surface area contributed by atoms with Crippen molar-refractivity contribution in [1.29, 1.82) is 0 Å². The average molecular weight is 464 g/mol. The zero-order valence-electron chi connectivity index (χ0n) is 17.9. The SMILES string of the molecule is Cc1ccc2c(=O)c(C(=O)c3cccc(Cl)c3)cn(CC(=O)Nc3ccc(C)c(F)c3)c2n1. The molecule has 0 saturated carbocycles. The van der Waals surface area contributed by atoms with E-state index in [-0.39, 0.29) is 28.7 Å². The maximum Gasteiger partial charge on any atom is 0.244 e. The Labute approximate surface area is 193 Å². The fourth-order valence-corrected chi connectivity index (χ4v) is 3.64. The van der Waals surface area contributed by atoms with Crippen LogP contribution in [0.3, 0.4) is 0 Å². The van der Waals surface area contributed by atoms with Crippen molar-refractivity contribution in [1.82, 2.24) is 9.55 Å². The summed E-state index contributed by atoms with van der Waals surface area (Å²) in [5.74, 6) is -1.42. The summed E-state index contributed by atoms with van der Waals surface area (Å²) in [6, 6.07) is 13.9. The van der Waals surface area contributed by atoms with Crippen LogP contribution in [0.25, 0.3) is 11.0 Å². The van der Waals surface area contributed by atoms with Crippen LogP contribution in [0.2, 0.25) is 5.02 Å². The molecule has 2 heterocycles. The molecule has 1 amide bonds. The van der Waals surface area contributed by atoms with Crippen LogP contribution < -0.4 is 10.7 Å². The standard InChI is InChI=1S/C25H19ClFN3O3/c1-14-6-8-18(11-21(14)27)29-22(31)13-30-12-20(23(32)16-4-3-5-17(26)10-16)24(33)19-9-7-15(2)28-25(19)30/h3-12H,13H2,1-2H3,(H,29,31). The zero-order valence-corrected chi connectivity index (χ0v) is 18.6. The molecule has 0 atom stereocenters. The predicted octanol–water partition coefficient (Wildman–Crippen LogP) is 4.68. The highest BCUT2D eigenvalue weighted by Crippen LogP contribution is 2.18. The lowest BCUT2D eigenvalue weighted by Gasteiger charge is -2.13. The van der Waals surface area contributed by atoms with Gasteiger partial charge in [0, 0.05) is 28.2 Å². The third kappa shape index (κ3) is 4.68. The monoisotopic (exact) mass is 463 g/mol. The molecule has 33 heavy (non-hydrogen) atoms. The number of aromatic nitrogens is 2. The Kier molecular flexibility index (Phi) is 6.07. The van der Waals surface area contributed by atoms with E-state index in [4.69, 9.17) is 11.6 Å². The lowest BCUT2D eigenvalue weighted by atomic mass is 10.0. The molecule has 0 aliphatic rings. The van der Waals surface area contributed by atoms with E-state index < -0.39 is 22.9 Å². The molecule has 6 nitrogen and oxygen atoms in total.